The molecule has 0 unspecified atom stereocenters. The van der Waals surface area contributed by atoms with E-state index in [1.54, 1.807) is 11.3 Å². The summed E-state index contributed by atoms with van der Waals surface area (Å²) in [6.45, 7) is 0. The van der Waals surface area contributed by atoms with Crippen molar-refractivity contribution in [3.05, 3.63) is 170 Å². The van der Waals surface area contributed by atoms with Gasteiger partial charge in [0.05, 0.1) is 10.6 Å². The van der Waals surface area contributed by atoms with E-state index >= 15 is 0 Å². The summed E-state index contributed by atoms with van der Waals surface area (Å²) in [6.07, 6.45) is 0. The Morgan fingerprint density at radius 1 is 0.413 bits per heavy atom. The zero-order chi connectivity index (χ0) is 30.5. The molecule has 0 fully saturated rings. The van der Waals surface area contributed by atoms with Crippen LogP contribution in [0.5, 0.6) is 0 Å². The lowest BCUT2D eigenvalue weighted by Crippen LogP contribution is -2.10. The van der Waals surface area contributed by atoms with Crippen molar-refractivity contribution in [3.63, 3.8) is 0 Å². The second kappa shape index (κ2) is 11.0. The molecule has 46 heavy (non-hydrogen) atoms. The van der Waals surface area contributed by atoms with Crippen LogP contribution >= 0.6 is 11.3 Å². The number of aromatic nitrogens is 1. The minimum atomic E-state index is 1.06. The number of benzene rings is 7. The number of fused-ring (bicyclic) bond motifs is 3. The van der Waals surface area contributed by atoms with Gasteiger partial charge in [-0.3, -0.25) is 0 Å². The number of hydrogen-bond donors (Lipinski definition) is 0. The number of thiazole rings is 1. The largest absolute Gasteiger partial charge is 0.310 e. The molecule has 7 aromatic carbocycles. The van der Waals surface area contributed by atoms with Gasteiger partial charge in [-0.1, -0.05) is 133 Å². The van der Waals surface area contributed by atoms with E-state index in [0.717, 1.165) is 33.3 Å². The minimum absolute atomic E-state index is 1.06. The fourth-order valence-corrected chi connectivity index (χ4v) is 7.75. The number of anilines is 3. The van der Waals surface area contributed by atoms with Crippen LogP contribution in [0.3, 0.4) is 0 Å². The number of nitrogens with zero attached hydrogens (tertiary/aromatic N) is 2. The van der Waals surface area contributed by atoms with Gasteiger partial charge in [-0.05, 0) is 69.4 Å². The Labute approximate surface area is 272 Å². The summed E-state index contributed by atoms with van der Waals surface area (Å²) in [6, 6.07) is 60.8. The summed E-state index contributed by atoms with van der Waals surface area (Å²) in [4.78, 5) is 8.81. The van der Waals surface area contributed by atoms with Crippen LogP contribution in [0.2, 0.25) is 0 Å². The molecule has 0 aliphatic heterocycles. The van der Waals surface area contributed by atoms with E-state index in [0.29, 0.717) is 0 Å². The molecule has 0 radical (unpaired) electrons. The van der Waals surface area contributed by atoms with Crippen molar-refractivity contribution in [2.24, 2.45) is 0 Å². The molecule has 8 aromatic rings. The molecular weight excluding hydrogens is 577 g/mol. The number of rotatable bonds is 6. The first kappa shape index (κ1) is 26.6. The van der Waals surface area contributed by atoms with Gasteiger partial charge < -0.3 is 4.90 Å². The lowest BCUT2D eigenvalue weighted by Gasteiger charge is -2.27. The monoisotopic (exact) mass is 604 g/mol. The molecule has 1 aliphatic rings. The van der Waals surface area contributed by atoms with Gasteiger partial charge >= 0.3 is 0 Å². The van der Waals surface area contributed by atoms with Crippen LogP contribution in [0.4, 0.5) is 17.1 Å². The summed E-state index contributed by atoms with van der Waals surface area (Å²) in [7, 11) is 0. The molecule has 9 rings (SSSR count). The summed E-state index contributed by atoms with van der Waals surface area (Å²) in [5, 5.41) is 3.57. The first-order valence-electron chi connectivity index (χ1n) is 15.5. The Morgan fingerprint density at radius 2 is 1.02 bits per heavy atom. The van der Waals surface area contributed by atoms with Crippen LogP contribution in [0, 0.1) is 0 Å². The molecule has 1 aliphatic carbocycles. The van der Waals surface area contributed by atoms with Gasteiger partial charge in [0, 0.05) is 33.8 Å². The van der Waals surface area contributed by atoms with Crippen molar-refractivity contribution < 1.29 is 0 Å². The smallest absolute Gasteiger partial charge is 0.124 e. The summed E-state index contributed by atoms with van der Waals surface area (Å²) < 4.78 is 0. The number of hydrogen-bond acceptors (Lipinski definition) is 3. The molecule has 0 spiro atoms. The highest BCUT2D eigenvalue weighted by Crippen LogP contribution is 2.53. The lowest BCUT2D eigenvalue weighted by molar-refractivity contribution is 1.29. The molecule has 1 heterocycles. The van der Waals surface area contributed by atoms with Gasteiger partial charge in [0.1, 0.15) is 5.01 Å². The predicted octanol–water partition coefficient (Wildman–Crippen LogP) is 12.4. The SMILES string of the molecule is c1ccc(-c2ccc(N(c3cccc(-c4ccccc4)c3)c3cc4c5c(cccc5c3)-c3nc(-c5ccccc5)sc3-4)cc2)cc1. The molecular formula is C43H28N2S. The third kappa shape index (κ3) is 4.52. The van der Waals surface area contributed by atoms with Crippen LogP contribution in [-0.4, -0.2) is 4.98 Å². The van der Waals surface area contributed by atoms with Crippen LogP contribution < -0.4 is 4.90 Å². The van der Waals surface area contributed by atoms with Crippen LogP contribution in [0.1, 0.15) is 0 Å². The fraction of sp³-hybridized carbons (Fsp3) is 0. The van der Waals surface area contributed by atoms with E-state index in [2.05, 4.69) is 175 Å². The maximum Gasteiger partial charge on any atom is 0.124 e. The average Bonchev–Trinajstić information content (AvgIpc) is 3.70. The van der Waals surface area contributed by atoms with Crippen molar-refractivity contribution in [2.75, 3.05) is 4.90 Å². The Morgan fingerprint density at radius 3 is 1.74 bits per heavy atom. The molecule has 0 bridgehead atoms. The summed E-state index contributed by atoms with van der Waals surface area (Å²) in [5.41, 5.74) is 12.9. The van der Waals surface area contributed by atoms with Crippen molar-refractivity contribution in [1.82, 2.24) is 4.98 Å². The standard InChI is InChI=1S/C43H28N2S/c1-4-12-29(13-5-1)31-22-24-35(25-23-31)45(36-20-10-18-33(26-36)30-14-6-2-7-15-30)37-27-34-19-11-21-38-40(34)39(28-37)42-41(38)44-43(46-42)32-16-8-3-9-17-32/h1-28H. The van der Waals surface area contributed by atoms with Crippen molar-refractivity contribution in [1.29, 1.82) is 0 Å². The van der Waals surface area contributed by atoms with E-state index in [1.807, 2.05) is 0 Å². The van der Waals surface area contributed by atoms with Gasteiger partial charge in [-0.25, -0.2) is 4.98 Å². The molecule has 0 N–H and O–H groups in total. The molecule has 0 saturated heterocycles. The lowest BCUT2D eigenvalue weighted by atomic mass is 10.0. The average molecular weight is 605 g/mol. The Bertz CT molecular complexity index is 2340. The van der Waals surface area contributed by atoms with Crippen molar-refractivity contribution in [3.8, 4) is 54.5 Å². The second-order valence-electron chi connectivity index (χ2n) is 11.6. The predicted molar refractivity (Wildman–Crippen MR) is 195 cm³/mol. The van der Waals surface area contributed by atoms with Crippen molar-refractivity contribution in [2.45, 2.75) is 0 Å². The van der Waals surface area contributed by atoms with Gasteiger partial charge in [0.25, 0.3) is 0 Å². The van der Waals surface area contributed by atoms with E-state index in [1.165, 1.54) is 49.0 Å². The summed E-state index contributed by atoms with van der Waals surface area (Å²) in [5.74, 6) is 0. The highest BCUT2D eigenvalue weighted by Gasteiger charge is 2.28. The van der Waals surface area contributed by atoms with E-state index < -0.39 is 0 Å². The molecule has 2 nitrogen and oxygen atoms in total. The van der Waals surface area contributed by atoms with E-state index in [9.17, 15) is 0 Å². The van der Waals surface area contributed by atoms with Crippen LogP contribution in [-0.2, 0) is 0 Å². The third-order valence-corrected chi connectivity index (χ3v) is 9.95. The highest BCUT2D eigenvalue weighted by atomic mass is 32.1. The van der Waals surface area contributed by atoms with Gasteiger partial charge in [0.2, 0.25) is 0 Å². The molecule has 0 amide bonds. The first-order chi connectivity index (χ1) is 22.8. The minimum Gasteiger partial charge on any atom is -0.310 e. The van der Waals surface area contributed by atoms with Crippen molar-refractivity contribution >= 4 is 39.2 Å². The molecule has 1 aromatic heterocycles. The zero-order valence-corrected chi connectivity index (χ0v) is 25.8. The maximum absolute atomic E-state index is 5.18. The normalized spacial score (nSPS) is 11.5. The highest BCUT2D eigenvalue weighted by molar-refractivity contribution is 7.19. The van der Waals surface area contributed by atoms with Crippen LogP contribution in [0.15, 0.2) is 170 Å². The molecule has 0 atom stereocenters. The maximum atomic E-state index is 5.18. The Balaban J connectivity index is 1.23. The van der Waals surface area contributed by atoms with Gasteiger partial charge in [0.15, 0.2) is 0 Å². The topological polar surface area (TPSA) is 16.1 Å². The fourth-order valence-electron chi connectivity index (χ4n) is 6.64. The van der Waals surface area contributed by atoms with Gasteiger partial charge in [-0.15, -0.1) is 11.3 Å². The Hall–Kier alpha value is -5.77. The molecule has 0 saturated carbocycles. The molecule has 216 valence electrons. The molecule has 3 heteroatoms. The summed E-state index contributed by atoms with van der Waals surface area (Å²) >= 11 is 1.79. The Kier molecular flexibility index (Phi) is 6.36. The van der Waals surface area contributed by atoms with E-state index in [4.69, 9.17) is 4.98 Å². The zero-order valence-electron chi connectivity index (χ0n) is 25.0. The quantitative estimate of drug-likeness (QED) is 0.188. The van der Waals surface area contributed by atoms with E-state index in [-0.39, 0.29) is 0 Å². The van der Waals surface area contributed by atoms with Gasteiger partial charge in [-0.2, -0.15) is 0 Å². The third-order valence-electron chi connectivity index (χ3n) is 8.81. The van der Waals surface area contributed by atoms with Crippen LogP contribution in [0.25, 0.3) is 65.3 Å². The first-order valence-corrected chi connectivity index (χ1v) is 16.4. The second-order valence-corrected chi connectivity index (χ2v) is 12.6.